The van der Waals surface area contributed by atoms with E-state index in [0.29, 0.717) is 12.3 Å². The summed E-state index contributed by atoms with van der Waals surface area (Å²) in [6, 6.07) is -0.288. The minimum Gasteiger partial charge on any atom is -0.748 e. The summed E-state index contributed by atoms with van der Waals surface area (Å²) in [5.41, 5.74) is 0. The fourth-order valence-electron chi connectivity index (χ4n) is 1.38. The van der Waals surface area contributed by atoms with Crippen molar-refractivity contribution in [3.63, 3.8) is 0 Å². The number of nitrogens with one attached hydrogen (secondary N) is 1. The average molecular weight is 254 g/mol. The molecule has 3 N–H and O–H groups in total. The summed E-state index contributed by atoms with van der Waals surface area (Å²) in [6.07, 6.45) is -0.586. The smallest absolute Gasteiger partial charge is 0.106 e. The van der Waals surface area contributed by atoms with E-state index in [0.717, 1.165) is 0 Å². The van der Waals surface area contributed by atoms with Crippen LogP contribution in [0.15, 0.2) is 0 Å². The molecule has 7 heteroatoms. The number of rotatable bonds is 8. The molecule has 0 aromatic carbocycles. The molecular formula is C9H20NO5S-. The van der Waals surface area contributed by atoms with Gasteiger partial charge in [-0.25, -0.2) is 8.42 Å². The number of aliphatic hydroxyl groups is 2. The molecule has 2 unspecified atom stereocenters. The van der Waals surface area contributed by atoms with Crippen molar-refractivity contribution in [2.75, 3.05) is 12.4 Å². The van der Waals surface area contributed by atoms with Crippen LogP contribution in [0.5, 0.6) is 0 Å². The summed E-state index contributed by atoms with van der Waals surface area (Å²) in [6.45, 7) is 3.80. The third-order valence-corrected chi connectivity index (χ3v) is 2.78. The third kappa shape index (κ3) is 9.05. The number of hydrogen-bond donors (Lipinski definition) is 3. The normalized spacial score (nSPS) is 16.4. The van der Waals surface area contributed by atoms with Crippen LogP contribution in [0.2, 0.25) is 0 Å². The zero-order valence-electron chi connectivity index (χ0n) is 9.59. The summed E-state index contributed by atoms with van der Waals surface area (Å²) in [7, 11) is -4.30. The maximum atomic E-state index is 10.3. The highest BCUT2D eigenvalue weighted by molar-refractivity contribution is 7.85. The molecule has 0 bridgehead atoms. The van der Waals surface area contributed by atoms with Crippen LogP contribution in [0.3, 0.4) is 0 Å². The van der Waals surface area contributed by atoms with Crippen molar-refractivity contribution in [3.05, 3.63) is 0 Å². The van der Waals surface area contributed by atoms with Gasteiger partial charge in [-0.2, -0.15) is 0 Å². The second-order valence-electron chi connectivity index (χ2n) is 4.24. The first kappa shape index (κ1) is 15.8. The van der Waals surface area contributed by atoms with Crippen molar-refractivity contribution < 1.29 is 23.2 Å². The Morgan fingerprint density at radius 1 is 1.38 bits per heavy atom. The van der Waals surface area contributed by atoms with Gasteiger partial charge in [-0.1, -0.05) is 13.8 Å². The second kappa shape index (κ2) is 7.18. The lowest BCUT2D eigenvalue weighted by Crippen LogP contribution is -2.42. The monoisotopic (exact) mass is 254 g/mol. The Hall–Kier alpha value is -0.210. The molecule has 6 nitrogen and oxygen atoms in total. The van der Waals surface area contributed by atoms with Gasteiger partial charge in [-0.15, -0.1) is 0 Å². The molecule has 98 valence electrons. The Labute approximate surface area is 96.4 Å². The highest BCUT2D eigenvalue weighted by Gasteiger charge is 2.14. The molecule has 0 aliphatic rings. The van der Waals surface area contributed by atoms with E-state index < -0.39 is 22.1 Å². The molecule has 0 aliphatic carbocycles. The lowest BCUT2D eigenvalue weighted by Gasteiger charge is -2.22. The van der Waals surface area contributed by atoms with Crippen LogP contribution in [0.25, 0.3) is 0 Å². The van der Waals surface area contributed by atoms with E-state index in [1.807, 2.05) is 13.8 Å². The fraction of sp³-hybridized carbons (Fsp3) is 1.00. The number of hydrogen-bond acceptors (Lipinski definition) is 6. The SMILES string of the molecule is CC(C)CC(CO)NC(O)CCS(=O)(=O)[O-]. The van der Waals surface area contributed by atoms with Crippen LogP contribution >= 0.6 is 0 Å². The van der Waals surface area contributed by atoms with Gasteiger partial charge in [0.15, 0.2) is 0 Å². The Morgan fingerprint density at radius 2 is 1.94 bits per heavy atom. The predicted molar refractivity (Wildman–Crippen MR) is 58.7 cm³/mol. The summed E-state index contributed by atoms with van der Waals surface area (Å²) in [5.74, 6) is -0.263. The van der Waals surface area contributed by atoms with Gasteiger partial charge < -0.3 is 14.8 Å². The second-order valence-corrected chi connectivity index (χ2v) is 5.77. The van der Waals surface area contributed by atoms with E-state index >= 15 is 0 Å². The van der Waals surface area contributed by atoms with Crippen molar-refractivity contribution in [1.82, 2.24) is 5.32 Å². The molecule has 0 aromatic heterocycles. The van der Waals surface area contributed by atoms with Crippen molar-refractivity contribution in [3.8, 4) is 0 Å². The van der Waals surface area contributed by atoms with Gasteiger partial charge in [0.1, 0.15) is 6.23 Å². The van der Waals surface area contributed by atoms with E-state index in [1.54, 1.807) is 0 Å². The molecule has 0 saturated heterocycles. The van der Waals surface area contributed by atoms with E-state index in [1.165, 1.54) is 0 Å². The maximum absolute atomic E-state index is 10.3. The van der Waals surface area contributed by atoms with Gasteiger partial charge >= 0.3 is 0 Å². The minimum atomic E-state index is -4.30. The average Bonchev–Trinajstić information content (AvgIpc) is 2.12. The zero-order valence-corrected chi connectivity index (χ0v) is 10.4. The van der Waals surface area contributed by atoms with Gasteiger partial charge in [0.25, 0.3) is 0 Å². The van der Waals surface area contributed by atoms with Crippen LogP contribution in [0, 0.1) is 5.92 Å². The summed E-state index contributed by atoms with van der Waals surface area (Å²) in [4.78, 5) is 0. The molecule has 0 radical (unpaired) electrons. The van der Waals surface area contributed by atoms with Crippen LogP contribution < -0.4 is 5.32 Å². The first-order valence-corrected chi connectivity index (χ1v) is 6.81. The lowest BCUT2D eigenvalue weighted by molar-refractivity contribution is 0.0945. The van der Waals surface area contributed by atoms with Crippen molar-refractivity contribution >= 4 is 10.1 Å². The molecule has 16 heavy (non-hydrogen) atoms. The molecule has 0 amide bonds. The van der Waals surface area contributed by atoms with Crippen LogP contribution in [0.4, 0.5) is 0 Å². The summed E-state index contributed by atoms with van der Waals surface area (Å²) >= 11 is 0. The Kier molecular flexibility index (Phi) is 7.09. The molecular weight excluding hydrogens is 234 g/mol. The van der Waals surface area contributed by atoms with E-state index in [-0.39, 0.29) is 19.1 Å². The van der Waals surface area contributed by atoms with Gasteiger partial charge in [-0.05, 0) is 18.8 Å². The highest BCUT2D eigenvalue weighted by Crippen LogP contribution is 2.05. The highest BCUT2D eigenvalue weighted by atomic mass is 32.2. The molecule has 0 saturated carbocycles. The first-order chi connectivity index (χ1) is 7.24. The number of aliphatic hydroxyl groups excluding tert-OH is 2. The first-order valence-electron chi connectivity index (χ1n) is 5.23. The molecule has 0 aliphatic heterocycles. The zero-order chi connectivity index (χ0) is 12.8. The van der Waals surface area contributed by atoms with Crippen molar-refractivity contribution in [2.45, 2.75) is 39.0 Å². The molecule has 0 heterocycles. The van der Waals surface area contributed by atoms with Crippen molar-refractivity contribution in [1.29, 1.82) is 0 Å². The van der Waals surface area contributed by atoms with Crippen LogP contribution in [-0.4, -0.2) is 47.8 Å². The Balaban J connectivity index is 3.96. The quantitative estimate of drug-likeness (QED) is 0.388. The molecule has 0 rings (SSSR count). The predicted octanol–water partition coefficient (Wildman–Crippen LogP) is -0.763. The lowest BCUT2D eigenvalue weighted by atomic mass is 10.0. The Morgan fingerprint density at radius 3 is 2.31 bits per heavy atom. The third-order valence-electron chi connectivity index (χ3n) is 2.05. The maximum Gasteiger partial charge on any atom is 0.106 e. The van der Waals surface area contributed by atoms with E-state index in [2.05, 4.69) is 5.32 Å². The van der Waals surface area contributed by atoms with Crippen LogP contribution in [0.1, 0.15) is 26.7 Å². The minimum absolute atomic E-state index is 0.140. The van der Waals surface area contributed by atoms with Crippen LogP contribution in [-0.2, 0) is 10.1 Å². The van der Waals surface area contributed by atoms with Gasteiger partial charge in [-0.3, -0.25) is 5.32 Å². The van der Waals surface area contributed by atoms with Gasteiger partial charge in [0.2, 0.25) is 0 Å². The van der Waals surface area contributed by atoms with Gasteiger partial charge in [0, 0.05) is 11.8 Å². The molecule has 0 fully saturated rings. The molecule has 0 spiro atoms. The van der Waals surface area contributed by atoms with E-state index in [4.69, 9.17) is 5.11 Å². The Bertz CT molecular complexity index is 278. The topological polar surface area (TPSA) is 110 Å². The standard InChI is InChI=1S/C9H21NO5S/c1-7(2)5-8(6-11)10-9(12)3-4-16(13,14)15/h7-12H,3-6H2,1-2H3,(H,13,14,15)/p-1. The fourth-order valence-corrected chi connectivity index (χ4v) is 1.89. The summed E-state index contributed by atoms with van der Waals surface area (Å²) in [5, 5.41) is 21.1. The molecule has 2 atom stereocenters. The van der Waals surface area contributed by atoms with Gasteiger partial charge in [0.05, 0.1) is 16.7 Å². The summed E-state index contributed by atoms with van der Waals surface area (Å²) < 4.78 is 31.0. The van der Waals surface area contributed by atoms with E-state index in [9.17, 15) is 18.1 Å². The van der Waals surface area contributed by atoms with Crippen molar-refractivity contribution in [2.24, 2.45) is 5.92 Å². The molecule has 0 aromatic rings. The largest absolute Gasteiger partial charge is 0.748 e.